The summed E-state index contributed by atoms with van der Waals surface area (Å²) in [5, 5.41) is 21.7. The molecule has 62 heavy (non-hydrogen) atoms. The highest BCUT2D eigenvalue weighted by Crippen LogP contribution is 2.63. The molecule has 2 aromatic carbocycles. The number of benzene rings is 2. The van der Waals surface area contributed by atoms with Crippen molar-refractivity contribution < 1.29 is 24.2 Å². The Morgan fingerprint density at radius 3 is 2.52 bits per heavy atom. The molecule has 2 fully saturated rings. The number of fused-ring (bicyclic) bond motifs is 4. The minimum atomic E-state index is -1.11. The molecule has 0 spiro atoms. The molecule has 14 heteroatoms. The number of anilines is 2. The summed E-state index contributed by atoms with van der Waals surface area (Å²) in [6.45, 7) is 15.3. The molecule has 0 saturated heterocycles. The van der Waals surface area contributed by atoms with Gasteiger partial charge in [-0.25, -0.2) is 14.8 Å². The zero-order chi connectivity index (χ0) is 44.0. The Hall–Kier alpha value is -5.18. The molecule has 3 N–H and O–H groups in total. The highest BCUT2D eigenvalue weighted by atomic mass is 32.1. The fourth-order valence-electron chi connectivity index (χ4n) is 11.6. The van der Waals surface area contributed by atoms with E-state index in [0.29, 0.717) is 67.7 Å². The zero-order valence-electron chi connectivity index (χ0n) is 37.1. The van der Waals surface area contributed by atoms with Gasteiger partial charge >= 0.3 is 5.97 Å². The summed E-state index contributed by atoms with van der Waals surface area (Å²) in [7, 11) is 3.71. The number of likely N-dealkylation sites (N-methyl/N-ethyl adjacent to an activating group) is 1. The Morgan fingerprint density at radius 2 is 1.74 bits per heavy atom. The van der Waals surface area contributed by atoms with Gasteiger partial charge in [-0.05, 0) is 110 Å². The lowest BCUT2D eigenvalue weighted by Crippen LogP contribution is -2.57. The van der Waals surface area contributed by atoms with Gasteiger partial charge in [0.25, 0.3) is 5.91 Å². The molecule has 3 unspecified atom stereocenters. The van der Waals surface area contributed by atoms with Crippen LogP contribution >= 0.6 is 11.3 Å². The van der Waals surface area contributed by atoms with Gasteiger partial charge in [0.1, 0.15) is 5.82 Å². The van der Waals surface area contributed by atoms with Crippen LogP contribution in [0.15, 0.2) is 60.8 Å². The second-order valence-electron chi connectivity index (χ2n) is 19.7. The van der Waals surface area contributed by atoms with Crippen LogP contribution in [0.1, 0.15) is 104 Å². The molecular formula is C48H60N8O5S. The van der Waals surface area contributed by atoms with Crippen molar-refractivity contribution in [2.24, 2.45) is 16.2 Å². The van der Waals surface area contributed by atoms with Crippen LogP contribution in [0, 0.1) is 23.2 Å². The first kappa shape index (κ1) is 43.5. The third kappa shape index (κ3) is 9.14. The van der Waals surface area contributed by atoms with E-state index >= 15 is 0 Å². The molecule has 3 aromatic heterocycles. The third-order valence-electron chi connectivity index (χ3n) is 13.3. The van der Waals surface area contributed by atoms with Crippen LogP contribution in [-0.2, 0) is 29.0 Å². The van der Waals surface area contributed by atoms with Gasteiger partial charge in [0, 0.05) is 68.6 Å². The normalized spacial score (nSPS) is 23.0. The molecule has 3 aliphatic rings. The Bertz CT molecular complexity index is 2480. The summed E-state index contributed by atoms with van der Waals surface area (Å²) < 4.78 is 10.0. The first-order valence-electron chi connectivity index (χ1n) is 21.8. The molecule has 2 saturated carbocycles. The van der Waals surface area contributed by atoms with Gasteiger partial charge in [0.05, 0.1) is 28.6 Å². The van der Waals surface area contributed by atoms with Crippen molar-refractivity contribution in [3.63, 3.8) is 0 Å². The smallest absolute Gasteiger partial charge is 0.355 e. The molecule has 2 bridgehead atoms. The number of carboxylic acid groups (broad SMARTS) is 1. The van der Waals surface area contributed by atoms with Gasteiger partial charge in [0.2, 0.25) is 5.91 Å². The van der Waals surface area contributed by atoms with Crippen molar-refractivity contribution in [3.8, 4) is 11.1 Å². The molecule has 13 nitrogen and oxygen atoms in total. The molecule has 5 aromatic rings. The Balaban J connectivity index is 0.992. The Kier molecular flexibility index (Phi) is 11.8. The van der Waals surface area contributed by atoms with Crippen molar-refractivity contribution in [1.29, 1.82) is 0 Å². The monoisotopic (exact) mass is 860 g/mol. The average molecular weight is 861 g/mol. The van der Waals surface area contributed by atoms with E-state index in [9.17, 15) is 19.5 Å². The Morgan fingerprint density at radius 1 is 0.935 bits per heavy atom. The number of amides is 2. The standard InChI is InChI=1S/C48H60N8O5S/c1-31-35(23-50-56(31)30-47(5)27-46(4)25-45(2,3)26-48(28-46,29-47)61-22-21-54(7)19-18-40(57)49-6)33-15-16-39(52-41(33)43(59)60)55-20-17-32-11-10-12-34(36(32)24-55)42(58)53-44-51-37-13-8-9-14-38(37)62-44/h8-16,23H,17-22,24-30H2,1-7H3,(H,49,57)(H,59,60)(H,51,53,58). The summed E-state index contributed by atoms with van der Waals surface area (Å²) in [5.74, 6) is -0.751. The van der Waals surface area contributed by atoms with Crippen LogP contribution in [0.5, 0.6) is 0 Å². The number of carbonyl (C=O) groups is 3. The van der Waals surface area contributed by atoms with Crippen molar-refractivity contribution in [2.75, 3.05) is 50.6 Å². The van der Waals surface area contributed by atoms with E-state index in [1.165, 1.54) is 11.3 Å². The lowest BCUT2D eigenvalue weighted by atomic mass is 9.48. The van der Waals surface area contributed by atoms with Crippen LogP contribution in [0.2, 0.25) is 0 Å². The van der Waals surface area contributed by atoms with Gasteiger partial charge in [-0.1, -0.05) is 63.3 Å². The molecule has 2 amide bonds. The van der Waals surface area contributed by atoms with Crippen molar-refractivity contribution in [1.82, 2.24) is 30.0 Å². The predicted molar refractivity (Wildman–Crippen MR) is 244 cm³/mol. The maximum Gasteiger partial charge on any atom is 0.355 e. The van der Waals surface area contributed by atoms with E-state index < -0.39 is 5.97 Å². The van der Waals surface area contributed by atoms with E-state index in [2.05, 4.69) is 48.2 Å². The number of hydrogen-bond acceptors (Lipinski definition) is 10. The van der Waals surface area contributed by atoms with E-state index in [-0.39, 0.29) is 39.4 Å². The molecule has 4 heterocycles. The van der Waals surface area contributed by atoms with E-state index in [4.69, 9.17) is 14.8 Å². The predicted octanol–water partition coefficient (Wildman–Crippen LogP) is 8.22. The maximum atomic E-state index is 13.7. The zero-order valence-corrected chi connectivity index (χ0v) is 38.0. The average Bonchev–Trinajstić information content (AvgIpc) is 3.79. The van der Waals surface area contributed by atoms with Gasteiger partial charge < -0.3 is 25.0 Å². The number of ether oxygens (including phenoxy) is 1. The summed E-state index contributed by atoms with van der Waals surface area (Å²) in [6, 6.07) is 17.3. The number of aromatic carboxylic acids is 1. The first-order chi connectivity index (χ1) is 29.5. The third-order valence-corrected chi connectivity index (χ3v) is 14.3. The second-order valence-corrected chi connectivity index (χ2v) is 20.7. The minimum absolute atomic E-state index is 0.0291. The fraction of sp³-hybridized carbons (Fsp3) is 0.500. The van der Waals surface area contributed by atoms with E-state index in [0.717, 1.165) is 71.2 Å². The number of rotatable bonds is 14. The molecule has 328 valence electrons. The number of nitrogens with zero attached hydrogens (tertiary/aromatic N) is 6. The maximum absolute atomic E-state index is 13.7. The molecule has 8 rings (SSSR count). The fourth-order valence-corrected chi connectivity index (χ4v) is 12.5. The second kappa shape index (κ2) is 16.8. The lowest BCUT2D eigenvalue weighted by molar-refractivity contribution is -0.194. The van der Waals surface area contributed by atoms with Crippen LogP contribution in [0.3, 0.4) is 0 Å². The first-order valence-corrected chi connectivity index (χ1v) is 22.6. The summed E-state index contributed by atoms with van der Waals surface area (Å²) in [4.78, 5) is 52.0. The summed E-state index contributed by atoms with van der Waals surface area (Å²) in [6.07, 6.45) is 7.99. The van der Waals surface area contributed by atoms with E-state index in [1.54, 1.807) is 13.2 Å². The van der Waals surface area contributed by atoms with Gasteiger partial charge in [-0.15, -0.1) is 0 Å². The number of thiazole rings is 1. The van der Waals surface area contributed by atoms with E-state index in [1.807, 2.05) is 78.2 Å². The quantitative estimate of drug-likeness (QED) is 0.0996. The number of para-hydroxylation sites is 1. The summed E-state index contributed by atoms with van der Waals surface area (Å²) in [5.41, 5.74) is 5.38. The SMILES string of the molecule is CNC(=O)CCN(C)CCOC12CC(C)(C)CC(C)(CC(C)(Cn3ncc(-c4ccc(N5CCc6cccc(C(=O)Nc7nc8ccccc8s7)c6C5)nc4C(=O)O)c3C)C1)C2. The van der Waals surface area contributed by atoms with Crippen LogP contribution in [-0.4, -0.2) is 93.5 Å². The molecule has 3 atom stereocenters. The van der Waals surface area contributed by atoms with Crippen molar-refractivity contribution in [3.05, 3.63) is 88.9 Å². The van der Waals surface area contributed by atoms with Gasteiger partial charge in [-0.3, -0.25) is 19.6 Å². The van der Waals surface area contributed by atoms with Crippen molar-refractivity contribution in [2.45, 2.75) is 98.3 Å². The molecular weight excluding hydrogens is 801 g/mol. The number of carbonyl (C=O) groups excluding carboxylic acids is 2. The van der Waals surface area contributed by atoms with Gasteiger partial charge in [0.15, 0.2) is 10.8 Å². The lowest BCUT2D eigenvalue weighted by Gasteiger charge is -2.61. The topological polar surface area (TPSA) is 155 Å². The van der Waals surface area contributed by atoms with Crippen LogP contribution in [0.4, 0.5) is 10.9 Å². The van der Waals surface area contributed by atoms with Crippen molar-refractivity contribution >= 4 is 50.3 Å². The molecule has 1 aliphatic heterocycles. The van der Waals surface area contributed by atoms with Crippen LogP contribution < -0.4 is 15.5 Å². The minimum Gasteiger partial charge on any atom is -0.476 e. The largest absolute Gasteiger partial charge is 0.476 e. The number of hydrogen-bond donors (Lipinski definition) is 3. The highest BCUT2D eigenvalue weighted by Gasteiger charge is 2.58. The number of nitrogens with one attached hydrogen (secondary N) is 2. The summed E-state index contributed by atoms with van der Waals surface area (Å²) >= 11 is 1.44. The highest BCUT2D eigenvalue weighted by molar-refractivity contribution is 7.22. The van der Waals surface area contributed by atoms with Gasteiger partial charge in [-0.2, -0.15) is 5.10 Å². The molecule has 0 radical (unpaired) electrons. The number of pyridine rings is 1. The number of carboxylic acids is 1. The molecule has 2 aliphatic carbocycles. The Labute approximate surface area is 368 Å². The van der Waals surface area contributed by atoms with Crippen LogP contribution in [0.25, 0.3) is 21.3 Å². The number of aromatic nitrogens is 4.